The minimum Gasteiger partial charge on any atom is -0.399 e. The van der Waals surface area contributed by atoms with Crippen molar-refractivity contribution in [1.29, 1.82) is 0 Å². The molecule has 2 aromatic rings. The lowest BCUT2D eigenvalue weighted by Crippen LogP contribution is -2.22. The van der Waals surface area contributed by atoms with E-state index in [9.17, 15) is 0 Å². The van der Waals surface area contributed by atoms with Gasteiger partial charge in [-0.2, -0.15) is 4.58 Å². The smallest absolute Gasteiger partial charge is 0.238 e. The van der Waals surface area contributed by atoms with E-state index in [2.05, 4.69) is 43.7 Å². The minimum atomic E-state index is 0.696. The Balaban J connectivity index is 1.90. The van der Waals surface area contributed by atoms with Crippen molar-refractivity contribution in [2.45, 2.75) is 20.3 Å². The van der Waals surface area contributed by atoms with Crippen LogP contribution in [0.1, 0.15) is 20.3 Å². The number of anilines is 1. The summed E-state index contributed by atoms with van der Waals surface area (Å²) >= 11 is 0. The second-order valence-corrected chi connectivity index (χ2v) is 6.45. The van der Waals surface area contributed by atoms with Crippen molar-refractivity contribution in [3.8, 4) is 0 Å². The highest BCUT2D eigenvalue weighted by atomic mass is 15.1. The van der Waals surface area contributed by atoms with E-state index in [-0.39, 0.29) is 0 Å². The number of nitrogen functional groups attached to an aromatic ring is 1. The predicted molar refractivity (Wildman–Crippen MR) is 118 cm³/mol. The molecule has 0 atom stereocenters. The zero-order valence-corrected chi connectivity index (χ0v) is 16.1. The van der Waals surface area contributed by atoms with Gasteiger partial charge in [0.15, 0.2) is 0 Å². The molecule has 0 fully saturated rings. The van der Waals surface area contributed by atoms with E-state index in [0.717, 1.165) is 42.3 Å². The fourth-order valence-electron chi connectivity index (χ4n) is 3.19. The highest BCUT2D eigenvalue weighted by Crippen LogP contribution is 2.33. The van der Waals surface area contributed by atoms with Gasteiger partial charge in [-0.3, -0.25) is 0 Å². The molecule has 138 valence electrons. The van der Waals surface area contributed by atoms with Crippen LogP contribution in [0.2, 0.25) is 0 Å². The van der Waals surface area contributed by atoms with Crippen LogP contribution < -0.4 is 10.3 Å². The van der Waals surface area contributed by atoms with E-state index in [1.54, 1.807) is 0 Å². The molecule has 4 heteroatoms. The molecule has 0 saturated carbocycles. The summed E-state index contributed by atoms with van der Waals surface area (Å²) in [5.74, 6) is 0. The van der Waals surface area contributed by atoms with Crippen LogP contribution in [0.5, 0.6) is 0 Å². The Labute approximate surface area is 161 Å². The Morgan fingerprint density at radius 2 is 1.81 bits per heavy atom. The zero-order chi connectivity index (χ0) is 19.2. The van der Waals surface area contributed by atoms with Crippen LogP contribution in [0, 0.1) is 0 Å². The zero-order valence-electron chi connectivity index (χ0n) is 16.1. The highest BCUT2D eigenvalue weighted by Gasteiger charge is 2.17. The number of para-hydroxylation sites is 1. The topological polar surface area (TPSA) is 44.6 Å². The van der Waals surface area contributed by atoms with Gasteiger partial charge in [-0.1, -0.05) is 24.3 Å². The lowest BCUT2D eigenvalue weighted by Gasteiger charge is -2.24. The van der Waals surface area contributed by atoms with Crippen molar-refractivity contribution in [1.82, 2.24) is 9.48 Å². The van der Waals surface area contributed by atoms with Crippen molar-refractivity contribution >= 4 is 35.2 Å². The Morgan fingerprint density at radius 1 is 1.07 bits per heavy atom. The number of aliphatic imine (C=N–C) groups is 1. The molecule has 1 aliphatic rings. The lowest BCUT2D eigenvalue weighted by atomic mass is 10.1. The lowest BCUT2D eigenvalue weighted by molar-refractivity contribution is 0.393. The van der Waals surface area contributed by atoms with E-state index < -0.39 is 0 Å². The summed E-state index contributed by atoms with van der Waals surface area (Å²) in [7, 11) is 0. The second-order valence-electron chi connectivity index (χ2n) is 6.45. The first-order chi connectivity index (χ1) is 13.1. The first-order valence-electron chi connectivity index (χ1n) is 9.38. The number of nitrogens with two attached hydrogens (primary N) is 1. The standard InChI is InChI=1S/C23H27N4/c1-4-27(5-2)21-14-12-19(13-15-21)25-22-16-11-18(24)17-23(22)26(3)20-9-7-6-8-10-20/h6-12,14-17H,3-5,13,24H2,1-2H3/q+1. The van der Waals surface area contributed by atoms with Crippen LogP contribution in [0.4, 0.5) is 22.7 Å². The molecular formula is C23H27N4+. The number of allylic oxidation sites excluding steroid dienone is 3. The number of nitrogens with zero attached hydrogens (tertiary/aromatic N) is 3. The van der Waals surface area contributed by atoms with Gasteiger partial charge in [0.2, 0.25) is 11.4 Å². The fourth-order valence-corrected chi connectivity index (χ4v) is 3.19. The molecule has 0 amide bonds. The molecule has 1 aliphatic carbocycles. The number of hydrogen-bond acceptors (Lipinski definition) is 3. The van der Waals surface area contributed by atoms with Crippen LogP contribution in [0.25, 0.3) is 0 Å². The van der Waals surface area contributed by atoms with Crippen LogP contribution in [0.3, 0.4) is 0 Å². The van der Waals surface area contributed by atoms with E-state index in [0.29, 0.717) is 5.69 Å². The van der Waals surface area contributed by atoms with Crippen LogP contribution >= 0.6 is 0 Å². The predicted octanol–water partition coefficient (Wildman–Crippen LogP) is 5.06. The van der Waals surface area contributed by atoms with Crippen LogP contribution in [-0.2, 0) is 0 Å². The average Bonchev–Trinajstić information content (AvgIpc) is 2.71. The summed E-state index contributed by atoms with van der Waals surface area (Å²) in [6, 6.07) is 15.8. The summed E-state index contributed by atoms with van der Waals surface area (Å²) in [5.41, 5.74) is 11.8. The molecule has 2 N–H and O–H groups in total. The second kappa shape index (κ2) is 8.49. The SMILES string of the molecule is C=[N+](c1ccccc1)c1cc(N)ccc1N=C1C=CC(N(CC)CC)=CC1. The van der Waals surface area contributed by atoms with Crippen molar-refractivity contribution in [2.75, 3.05) is 18.8 Å². The number of rotatable bonds is 6. The largest absolute Gasteiger partial charge is 0.399 e. The van der Waals surface area contributed by atoms with Gasteiger partial charge in [0.1, 0.15) is 12.4 Å². The van der Waals surface area contributed by atoms with E-state index in [4.69, 9.17) is 10.7 Å². The number of benzene rings is 2. The fraction of sp³-hybridized carbons (Fsp3) is 0.217. The van der Waals surface area contributed by atoms with Gasteiger partial charge in [0.05, 0.1) is 0 Å². The number of likely N-dealkylation sites (N-methyl/N-ethyl adjacent to an activating group) is 1. The third-order valence-electron chi connectivity index (χ3n) is 4.72. The molecule has 3 rings (SSSR count). The van der Waals surface area contributed by atoms with Gasteiger partial charge in [0.25, 0.3) is 0 Å². The van der Waals surface area contributed by atoms with E-state index in [1.807, 2.05) is 53.1 Å². The summed E-state index contributed by atoms with van der Waals surface area (Å²) in [6.07, 6.45) is 7.30. The first-order valence-corrected chi connectivity index (χ1v) is 9.38. The van der Waals surface area contributed by atoms with Gasteiger partial charge in [0, 0.05) is 54.8 Å². The van der Waals surface area contributed by atoms with E-state index >= 15 is 0 Å². The molecule has 0 radical (unpaired) electrons. The average molecular weight is 359 g/mol. The molecule has 0 saturated heterocycles. The van der Waals surface area contributed by atoms with Crippen molar-refractivity contribution < 1.29 is 0 Å². The van der Waals surface area contributed by atoms with Crippen molar-refractivity contribution in [3.63, 3.8) is 0 Å². The maximum Gasteiger partial charge on any atom is 0.238 e. The Kier molecular flexibility index (Phi) is 5.87. The summed E-state index contributed by atoms with van der Waals surface area (Å²) < 4.78 is 1.87. The minimum absolute atomic E-state index is 0.696. The van der Waals surface area contributed by atoms with Gasteiger partial charge in [-0.15, -0.1) is 0 Å². The van der Waals surface area contributed by atoms with Crippen LogP contribution in [-0.4, -0.2) is 30.4 Å². The quantitative estimate of drug-likeness (QED) is 0.445. The number of hydrogen-bond donors (Lipinski definition) is 1. The summed E-state index contributed by atoms with van der Waals surface area (Å²) in [5, 5.41) is 0. The molecule has 4 nitrogen and oxygen atoms in total. The monoisotopic (exact) mass is 359 g/mol. The van der Waals surface area contributed by atoms with E-state index in [1.165, 1.54) is 5.70 Å². The third-order valence-corrected chi connectivity index (χ3v) is 4.72. The molecule has 0 heterocycles. The molecule has 0 aliphatic heterocycles. The first kappa shape index (κ1) is 18.6. The Hall–Kier alpha value is -3.14. The maximum absolute atomic E-state index is 6.03. The maximum atomic E-state index is 6.03. The third kappa shape index (κ3) is 4.34. The van der Waals surface area contributed by atoms with Crippen molar-refractivity contribution in [3.05, 3.63) is 72.5 Å². The molecule has 27 heavy (non-hydrogen) atoms. The molecule has 0 spiro atoms. The molecular weight excluding hydrogens is 332 g/mol. The summed E-state index contributed by atoms with van der Waals surface area (Å²) in [4.78, 5) is 7.22. The van der Waals surface area contributed by atoms with Gasteiger partial charge in [-0.25, -0.2) is 4.99 Å². The Morgan fingerprint density at radius 3 is 2.44 bits per heavy atom. The molecule has 0 aromatic heterocycles. The molecule has 0 unspecified atom stereocenters. The summed E-state index contributed by atoms with van der Waals surface area (Å²) in [6.45, 7) is 10.6. The van der Waals surface area contributed by atoms with Crippen LogP contribution in [0.15, 0.2) is 77.4 Å². The van der Waals surface area contributed by atoms with Gasteiger partial charge >= 0.3 is 0 Å². The molecule has 2 aromatic carbocycles. The molecule has 0 bridgehead atoms. The van der Waals surface area contributed by atoms with Crippen molar-refractivity contribution in [2.24, 2.45) is 4.99 Å². The van der Waals surface area contributed by atoms with Gasteiger partial charge in [-0.05, 0) is 38.1 Å². The normalized spacial score (nSPS) is 14.9. The highest BCUT2D eigenvalue weighted by molar-refractivity contribution is 6.00. The Bertz CT molecular complexity index is 903. The van der Waals surface area contributed by atoms with Gasteiger partial charge < -0.3 is 10.6 Å².